The van der Waals surface area contributed by atoms with E-state index in [-0.39, 0.29) is 24.5 Å². The quantitative estimate of drug-likeness (QED) is 0.875. The summed E-state index contributed by atoms with van der Waals surface area (Å²) in [4.78, 5) is 2.25. The summed E-state index contributed by atoms with van der Waals surface area (Å²) >= 11 is 0. The van der Waals surface area contributed by atoms with Gasteiger partial charge >= 0.3 is 0 Å². The molecule has 106 valence electrons. The lowest BCUT2D eigenvalue weighted by atomic mass is 9.92. The van der Waals surface area contributed by atoms with Crippen LogP contribution in [0.3, 0.4) is 0 Å². The maximum absolute atomic E-state index is 14.0. The third kappa shape index (κ3) is 3.32. The second-order valence-corrected chi connectivity index (χ2v) is 5.49. The fraction of sp³-hybridized carbons (Fsp3) is 0.600. The van der Waals surface area contributed by atoms with Gasteiger partial charge in [0.15, 0.2) is 0 Å². The molecular formula is C15H23FN2O. The zero-order valence-electron chi connectivity index (χ0n) is 11.4. The van der Waals surface area contributed by atoms with Gasteiger partial charge in [-0.1, -0.05) is 18.2 Å². The third-order valence-electron chi connectivity index (χ3n) is 4.02. The molecule has 1 aromatic carbocycles. The molecule has 2 atom stereocenters. The van der Waals surface area contributed by atoms with Gasteiger partial charge in [0.1, 0.15) is 5.82 Å². The molecule has 0 aliphatic carbocycles. The van der Waals surface area contributed by atoms with Crippen LogP contribution in [0, 0.1) is 11.7 Å². The number of halogens is 1. The zero-order chi connectivity index (χ0) is 13.8. The number of likely N-dealkylation sites (tertiary alicyclic amines) is 1. The topological polar surface area (TPSA) is 49.5 Å². The number of nitrogens with zero attached hydrogens (tertiary/aromatic N) is 1. The van der Waals surface area contributed by atoms with Crippen LogP contribution < -0.4 is 5.73 Å². The van der Waals surface area contributed by atoms with Crippen molar-refractivity contribution in [2.45, 2.75) is 31.8 Å². The average Bonchev–Trinajstić information content (AvgIpc) is 2.42. The van der Waals surface area contributed by atoms with E-state index in [1.54, 1.807) is 6.07 Å². The van der Waals surface area contributed by atoms with Crippen LogP contribution in [-0.4, -0.2) is 35.7 Å². The van der Waals surface area contributed by atoms with Gasteiger partial charge in [-0.15, -0.1) is 0 Å². The summed E-state index contributed by atoms with van der Waals surface area (Å²) in [5.41, 5.74) is 6.76. The second kappa shape index (κ2) is 6.46. The Morgan fingerprint density at radius 3 is 2.53 bits per heavy atom. The smallest absolute Gasteiger partial charge is 0.128 e. The van der Waals surface area contributed by atoms with Crippen LogP contribution in [0.2, 0.25) is 0 Å². The van der Waals surface area contributed by atoms with E-state index in [0.717, 1.165) is 25.9 Å². The fourth-order valence-electron chi connectivity index (χ4n) is 2.94. The lowest BCUT2D eigenvalue weighted by molar-refractivity contribution is 0.0900. The van der Waals surface area contributed by atoms with Crippen molar-refractivity contribution in [2.24, 2.45) is 11.7 Å². The first-order valence-corrected chi connectivity index (χ1v) is 6.98. The lowest BCUT2D eigenvalue weighted by Gasteiger charge is -2.39. The Kier molecular flexibility index (Phi) is 4.91. The summed E-state index contributed by atoms with van der Waals surface area (Å²) in [6.45, 7) is 3.91. The molecule has 1 fully saturated rings. The van der Waals surface area contributed by atoms with Gasteiger partial charge < -0.3 is 10.8 Å². The Balaban J connectivity index is 2.16. The van der Waals surface area contributed by atoms with Crippen LogP contribution in [0.4, 0.5) is 4.39 Å². The number of piperidine rings is 1. The molecule has 0 amide bonds. The molecule has 0 saturated carbocycles. The maximum atomic E-state index is 14.0. The number of benzene rings is 1. The molecule has 0 spiro atoms. The van der Waals surface area contributed by atoms with Gasteiger partial charge in [-0.05, 0) is 44.8 Å². The van der Waals surface area contributed by atoms with Crippen molar-refractivity contribution in [3.05, 3.63) is 35.6 Å². The first-order valence-electron chi connectivity index (χ1n) is 6.98. The minimum atomic E-state index is -0.186. The molecule has 2 rings (SSSR count). The zero-order valence-corrected chi connectivity index (χ0v) is 11.4. The van der Waals surface area contributed by atoms with Crippen LogP contribution in [0.25, 0.3) is 0 Å². The molecule has 1 aliphatic rings. The molecule has 1 aromatic rings. The predicted molar refractivity (Wildman–Crippen MR) is 74.2 cm³/mol. The first-order chi connectivity index (χ1) is 9.13. The molecule has 1 heterocycles. The van der Waals surface area contributed by atoms with Gasteiger partial charge in [-0.25, -0.2) is 4.39 Å². The van der Waals surface area contributed by atoms with Gasteiger partial charge in [0.05, 0.1) is 6.04 Å². The average molecular weight is 266 g/mol. The largest absolute Gasteiger partial charge is 0.396 e. The monoisotopic (exact) mass is 266 g/mol. The van der Waals surface area contributed by atoms with Gasteiger partial charge in [0.2, 0.25) is 0 Å². The highest BCUT2D eigenvalue weighted by Crippen LogP contribution is 2.30. The Morgan fingerprint density at radius 1 is 1.37 bits per heavy atom. The Morgan fingerprint density at radius 2 is 2.00 bits per heavy atom. The normalized spacial score (nSPS) is 21.3. The Labute approximate surface area is 114 Å². The molecule has 1 aliphatic heterocycles. The second-order valence-electron chi connectivity index (χ2n) is 5.49. The van der Waals surface area contributed by atoms with Crippen molar-refractivity contribution in [2.75, 3.05) is 19.7 Å². The Bertz CT molecular complexity index is 403. The van der Waals surface area contributed by atoms with E-state index in [1.165, 1.54) is 6.07 Å². The number of aliphatic hydroxyl groups is 1. The van der Waals surface area contributed by atoms with E-state index in [0.29, 0.717) is 11.5 Å². The van der Waals surface area contributed by atoms with Crippen molar-refractivity contribution >= 4 is 0 Å². The summed E-state index contributed by atoms with van der Waals surface area (Å²) in [6, 6.07) is 6.67. The summed E-state index contributed by atoms with van der Waals surface area (Å²) in [6.07, 6.45) is 1.91. The molecule has 2 unspecified atom stereocenters. The van der Waals surface area contributed by atoms with Gasteiger partial charge in [0.25, 0.3) is 0 Å². The highest BCUT2D eigenvalue weighted by atomic mass is 19.1. The molecular weight excluding hydrogens is 243 g/mol. The van der Waals surface area contributed by atoms with E-state index >= 15 is 0 Å². The van der Waals surface area contributed by atoms with E-state index in [9.17, 15) is 9.50 Å². The van der Waals surface area contributed by atoms with Crippen LogP contribution in [0.15, 0.2) is 24.3 Å². The number of aliphatic hydroxyl groups excluding tert-OH is 1. The minimum Gasteiger partial charge on any atom is -0.396 e. The SMILES string of the molecule is CC(N)C(c1ccccc1F)N1CCC(CO)CC1. The predicted octanol–water partition coefficient (Wildman–Crippen LogP) is 1.92. The van der Waals surface area contributed by atoms with E-state index in [4.69, 9.17) is 5.73 Å². The van der Waals surface area contributed by atoms with E-state index in [1.807, 2.05) is 19.1 Å². The maximum Gasteiger partial charge on any atom is 0.128 e. The molecule has 3 nitrogen and oxygen atoms in total. The summed E-state index contributed by atoms with van der Waals surface area (Å²) in [5, 5.41) is 9.18. The van der Waals surface area contributed by atoms with Crippen molar-refractivity contribution in [3.8, 4) is 0 Å². The molecule has 4 heteroatoms. The lowest BCUT2D eigenvalue weighted by Crippen LogP contribution is -2.44. The number of rotatable bonds is 4. The molecule has 19 heavy (non-hydrogen) atoms. The number of nitrogens with two attached hydrogens (primary N) is 1. The van der Waals surface area contributed by atoms with Crippen molar-refractivity contribution in [1.29, 1.82) is 0 Å². The first kappa shape index (κ1) is 14.4. The van der Waals surface area contributed by atoms with Crippen LogP contribution in [0.5, 0.6) is 0 Å². The molecule has 1 saturated heterocycles. The Hall–Kier alpha value is -0.970. The van der Waals surface area contributed by atoms with Gasteiger partial charge in [-0.2, -0.15) is 0 Å². The van der Waals surface area contributed by atoms with Crippen LogP contribution in [0.1, 0.15) is 31.4 Å². The number of hydrogen-bond acceptors (Lipinski definition) is 3. The molecule has 0 radical (unpaired) electrons. The number of hydrogen-bond donors (Lipinski definition) is 2. The van der Waals surface area contributed by atoms with E-state index in [2.05, 4.69) is 4.90 Å². The van der Waals surface area contributed by atoms with E-state index < -0.39 is 0 Å². The summed E-state index contributed by atoms with van der Waals surface area (Å²) in [5.74, 6) is 0.194. The summed E-state index contributed by atoms with van der Waals surface area (Å²) < 4.78 is 14.0. The molecule has 3 N–H and O–H groups in total. The van der Waals surface area contributed by atoms with Crippen molar-refractivity contribution in [1.82, 2.24) is 4.90 Å². The van der Waals surface area contributed by atoms with Gasteiger partial charge in [0, 0.05) is 18.2 Å². The van der Waals surface area contributed by atoms with Crippen LogP contribution in [-0.2, 0) is 0 Å². The highest BCUT2D eigenvalue weighted by Gasteiger charge is 2.29. The van der Waals surface area contributed by atoms with Crippen molar-refractivity contribution < 1.29 is 9.50 Å². The summed E-state index contributed by atoms with van der Waals surface area (Å²) in [7, 11) is 0. The molecule has 0 aromatic heterocycles. The fourth-order valence-corrected chi connectivity index (χ4v) is 2.94. The molecule has 0 bridgehead atoms. The standard InChI is InChI=1S/C15H23FN2O/c1-11(17)15(13-4-2-3-5-14(13)16)18-8-6-12(10-19)7-9-18/h2-5,11-12,15,19H,6-10,17H2,1H3. The highest BCUT2D eigenvalue weighted by molar-refractivity contribution is 5.23. The van der Waals surface area contributed by atoms with Crippen molar-refractivity contribution in [3.63, 3.8) is 0 Å². The van der Waals surface area contributed by atoms with Gasteiger partial charge in [-0.3, -0.25) is 4.90 Å². The third-order valence-corrected chi connectivity index (χ3v) is 4.02. The minimum absolute atomic E-state index is 0.0826. The van der Waals surface area contributed by atoms with Crippen LogP contribution >= 0.6 is 0 Å².